The van der Waals surface area contributed by atoms with E-state index in [1.165, 1.54) is 84.1 Å². The summed E-state index contributed by atoms with van der Waals surface area (Å²) >= 11 is 0. The Morgan fingerprint density at radius 1 is 0.842 bits per heavy atom. The molecular formula is C17H32N2. The second kappa shape index (κ2) is 6.58. The van der Waals surface area contributed by atoms with Crippen molar-refractivity contribution in [1.82, 2.24) is 9.80 Å². The summed E-state index contributed by atoms with van der Waals surface area (Å²) in [5.41, 5.74) is 0. The van der Waals surface area contributed by atoms with Crippen LogP contribution in [0.5, 0.6) is 0 Å². The third kappa shape index (κ3) is 3.52. The van der Waals surface area contributed by atoms with Gasteiger partial charge in [0.2, 0.25) is 0 Å². The molecule has 2 saturated heterocycles. The Balaban J connectivity index is 1.55. The molecule has 3 rings (SSSR count). The van der Waals surface area contributed by atoms with Gasteiger partial charge < -0.3 is 4.90 Å². The van der Waals surface area contributed by atoms with Gasteiger partial charge in [-0.2, -0.15) is 0 Å². The fourth-order valence-electron chi connectivity index (χ4n) is 4.61. The fourth-order valence-corrected chi connectivity index (χ4v) is 4.61. The maximum Gasteiger partial charge on any atom is 0.0223 e. The van der Waals surface area contributed by atoms with Gasteiger partial charge in [0.1, 0.15) is 0 Å². The highest BCUT2D eigenvalue weighted by atomic mass is 15.2. The number of hydrogen-bond acceptors (Lipinski definition) is 2. The van der Waals surface area contributed by atoms with Crippen LogP contribution in [0.15, 0.2) is 0 Å². The highest BCUT2D eigenvalue weighted by molar-refractivity contribution is 4.85. The topological polar surface area (TPSA) is 6.48 Å². The van der Waals surface area contributed by atoms with Crippen molar-refractivity contribution >= 4 is 0 Å². The van der Waals surface area contributed by atoms with E-state index in [0.717, 1.165) is 17.9 Å². The smallest absolute Gasteiger partial charge is 0.0223 e. The molecule has 2 aliphatic heterocycles. The summed E-state index contributed by atoms with van der Waals surface area (Å²) < 4.78 is 0. The summed E-state index contributed by atoms with van der Waals surface area (Å²) in [5.74, 6) is 1.96. The van der Waals surface area contributed by atoms with Crippen LogP contribution < -0.4 is 0 Å². The van der Waals surface area contributed by atoms with Crippen LogP contribution in [0, 0.1) is 11.8 Å². The van der Waals surface area contributed by atoms with E-state index in [4.69, 9.17) is 0 Å². The molecule has 110 valence electrons. The number of nitrogens with zero attached hydrogens (tertiary/aromatic N) is 2. The molecule has 2 nitrogen and oxygen atoms in total. The van der Waals surface area contributed by atoms with Crippen LogP contribution in [0.25, 0.3) is 0 Å². The maximum absolute atomic E-state index is 2.82. The minimum Gasteiger partial charge on any atom is -0.301 e. The van der Waals surface area contributed by atoms with Gasteiger partial charge in [-0.25, -0.2) is 0 Å². The van der Waals surface area contributed by atoms with Gasteiger partial charge in [-0.05, 0) is 57.2 Å². The van der Waals surface area contributed by atoms with Gasteiger partial charge >= 0.3 is 0 Å². The summed E-state index contributed by atoms with van der Waals surface area (Å²) in [6.07, 6.45) is 11.7. The van der Waals surface area contributed by atoms with E-state index in [0.29, 0.717) is 0 Å². The first-order chi connectivity index (χ1) is 9.33. The van der Waals surface area contributed by atoms with Gasteiger partial charge in [0.05, 0.1) is 0 Å². The molecule has 0 aromatic heterocycles. The van der Waals surface area contributed by atoms with Gasteiger partial charge in [-0.3, -0.25) is 4.90 Å². The zero-order chi connectivity index (χ0) is 13.1. The molecule has 3 fully saturated rings. The Morgan fingerprint density at radius 2 is 1.63 bits per heavy atom. The van der Waals surface area contributed by atoms with Gasteiger partial charge in [0, 0.05) is 19.1 Å². The van der Waals surface area contributed by atoms with Gasteiger partial charge in [0.25, 0.3) is 0 Å². The van der Waals surface area contributed by atoms with Crippen molar-refractivity contribution in [3.63, 3.8) is 0 Å². The molecule has 3 atom stereocenters. The van der Waals surface area contributed by atoms with Crippen molar-refractivity contribution in [2.24, 2.45) is 11.8 Å². The number of fused-ring (bicyclic) bond motifs is 1. The Kier molecular flexibility index (Phi) is 4.81. The molecule has 0 aromatic carbocycles. The zero-order valence-corrected chi connectivity index (χ0v) is 12.8. The first-order valence-corrected chi connectivity index (χ1v) is 8.79. The van der Waals surface area contributed by atoms with Crippen LogP contribution >= 0.6 is 0 Å². The monoisotopic (exact) mass is 264 g/mol. The molecule has 0 spiro atoms. The van der Waals surface area contributed by atoms with Gasteiger partial charge in [-0.15, -0.1) is 0 Å². The third-order valence-corrected chi connectivity index (χ3v) is 5.92. The molecule has 1 saturated carbocycles. The summed E-state index contributed by atoms with van der Waals surface area (Å²) in [6, 6.07) is 0.884. The van der Waals surface area contributed by atoms with Crippen LogP contribution in [0.4, 0.5) is 0 Å². The van der Waals surface area contributed by atoms with E-state index >= 15 is 0 Å². The zero-order valence-electron chi connectivity index (χ0n) is 12.8. The fraction of sp³-hybridized carbons (Fsp3) is 1.00. The molecule has 1 aliphatic carbocycles. The largest absolute Gasteiger partial charge is 0.301 e. The molecule has 19 heavy (non-hydrogen) atoms. The van der Waals surface area contributed by atoms with E-state index in [1.807, 2.05) is 0 Å². The molecule has 0 bridgehead atoms. The highest BCUT2D eigenvalue weighted by Gasteiger charge is 2.29. The molecular weight excluding hydrogens is 232 g/mol. The second-order valence-electron chi connectivity index (χ2n) is 7.32. The first kappa shape index (κ1) is 13.9. The number of rotatable bonds is 2. The Morgan fingerprint density at radius 3 is 2.53 bits per heavy atom. The Labute approximate surface area is 119 Å². The van der Waals surface area contributed by atoms with Crippen molar-refractivity contribution in [2.45, 2.75) is 64.3 Å². The average Bonchev–Trinajstić information content (AvgIpc) is 2.63. The van der Waals surface area contributed by atoms with Crippen LogP contribution in [0.1, 0.15) is 58.3 Å². The van der Waals surface area contributed by atoms with Gasteiger partial charge in [0.15, 0.2) is 0 Å². The van der Waals surface area contributed by atoms with E-state index < -0.39 is 0 Å². The summed E-state index contributed by atoms with van der Waals surface area (Å²) in [7, 11) is 0. The lowest BCUT2D eigenvalue weighted by molar-refractivity contribution is 0.115. The van der Waals surface area contributed by atoms with Gasteiger partial charge in [-0.1, -0.05) is 32.6 Å². The molecule has 0 amide bonds. The molecule has 0 aromatic rings. The van der Waals surface area contributed by atoms with E-state index in [2.05, 4.69) is 16.7 Å². The molecule has 2 heteroatoms. The van der Waals surface area contributed by atoms with Crippen molar-refractivity contribution in [2.75, 3.05) is 32.7 Å². The summed E-state index contributed by atoms with van der Waals surface area (Å²) in [6.45, 7) is 9.35. The number of hydrogen-bond donors (Lipinski definition) is 0. The van der Waals surface area contributed by atoms with E-state index in [1.54, 1.807) is 0 Å². The highest BCUT2D eigenvalue weighted by Crippen LogP contribution is 2.31. The molecule has 0 N–H and O–H groups in total. The van der Waals surface area contributed by atoms with Crippen molar-refractivity contribution in [1.29, 1.82) is 0 Å². The Hall–Kier alpha value is -0.0800. The van der Waals surface area contributed by atoms with E-state index in [-0.39, 0.29) is 0 Å². The lowest BCUT2D eigenvalue weighted by Crippen LogP contribution is -2.45. The predicted molar refractivity (Wildman–Crippen MR) is 81.4 cm³/mol. The maximum atomic E-state index is 2.82. The SMILES string of the molecule is CC1CCCCC1CN1CCCN2CCCCC2C1. The second-order valence-corrected chi connectivity index (χ2v) is 7.32. The number of piperidine rings is 1. The average molecular weight is 264 g/mol. The van der Waals surface area contributed by atoms with Crippen molar-refractivity contribution in [3.05, 3.63) is 0 Å². The minimum absolute atomic E-state index is 0.884. The van der Waals surface area contributed by atoms with Crippen LogP contribution in [-0.4, -0.2) is 48.6 Å². The first-order valence-electron chi connectivity index (χ1n) is 8.79. The predicted octanol–water partition coefficient (Wildman–Crippen LogP) is 3.37. The Bertz CT molecular complexity index is 278. The van der Waals surface area contributed by atoms with Crippen molar-refractivity contribution < 1.29 is 0 Å². The minimum atomic E-state index is 0.884. The van der Waals surface area contributed by atoms with Crippen molar-refractivity contribution in [3.8, 4) is 0 Å². The van der Waals surface area contributed by atoms with Crippen LogP contribution in [0.3, 0.4) is 0 Å². The van der Waals surface area contributed by atoms with Crippen LogP contribution in [-0.2, 0) is 0 Å². The lowest BCUT2D eigenvalue weighted by atomic mass is 9.80. The molecule has 0 radical (unpaired) electrons. The molecule has 3 aliphatic rings. The summed E-state index contributed by atoms with van der Waals surface area (Å²) in [4.78, 5) is 5.61. The quantitative estimate of drug-likeness (QED) is 0.754. The van der Waals surface area contributed by atoms with Crippen LogP contribution in [0.2, 0.25) is 0 Å². The molecule has 2 heterocycles. The summed E-state index contributed by atoms with van der Waals surface area (Å²) in [5, 5.41) is 0. The molecule has 3 unspecified atom stereocenters. The normalized spacial score (nSPS) is 38.7. The standard InChI is InChI=1S/C17H32N2/c1-15-7-2-3-8-16(15)13-18-10-6-12-19-11-5-4-9-17(19)14-18/h15-17H,2-14H2,1H3. The third-order valence-electron chi connectivity index (χ3n) is 5.92. The van der Waals surface area contributed by atoms with E-state index in [9.17, 15) is 0 Å². The lowest BCUT2D eigenvalue weighted by Gasteiger charge is -2.37.